The monoisotopic (exact) mass is 319 g/mol. The Labute approximate surface area is 131 Å². The molecule has 0 saturated heterocycles. The molecule has 5 nitrogen and oxygen atoms in total. The first kappa shape index (κ1) is 13.9. The molecular formula is C14H11Cl2N5. The van der Waals surface area contributed by atoms with Crippen LogP contribution in [0, 0.1) is 6.92 Å². The van der Waals surface area contributed by atoms with Crippen LogP contribution in [0.4, 0.5) is 5.95 Å². The molecule has 0 bridgehead atoms. The number of nitrogens with one attached hydrogen (secondary N) is 1. The summed E-state index contributed by atoms with van der Waals surface area (Å²) in [6.45, 7) is 1.92. The Morgan fingerprint density at radius 1 is 1.10 bits per heavy atom. The third-order valence-corrected chi connectivity index (χ3v) is 3.50. The van der Waals surface area contributed by atoms with E-state index in [1.165, 1.54) is 0 Å². The molecule has 3 N–H and O–H groups in total. The van der Waals surface area contributed by atoms with E-state index in [4.69, 9.17) is 28.9 Å². The van der Waals surface area contributed by atoms with E-state index in [1.807, 2.05) is 6.92 Å². The maximum Gasteiger partial charge on any atom is 0.220 e. The van der Waals surface area contributed by atoms with E-state index >= 15 is 0 Å². The van der Waals surface area contributed by atoms with E-state index in [-0.39, 0.29) is 5.95 Å². The summed E-state index contributed by atoms with van der Waals surface area (Å²) in [6.07, 6.45) is 3.36. The Kier molecular flexibility index (Phi) is 3.53. The number of H-pyrrole nitrogens is 1. The molecule has 3 rings (SSSR count). The van der Waals surface area contributed by atoms with Crippen molar-refractivity contribution >= 4 is 29.2 Å². The SMILES string of the molecule is Cc1cnc(-c2cnc(N)nc2-c2ccc(Cl)cc2Cl)[nH]1. The zero-order valence-corrected chi connectivity index (χ0v) is 12.6. The number of aromatic amines is 1. The molecule has 0 aliphatic rings. The highest BCUT2D eigenvalue weighted by Crippen LogP contribution is 2.34. The average molecular weight is 320 g/mol. The van der Waals surface area contributed by atoms with E-state index in [0.29, 0.717) is 21.6 Å². The van der Waals surface area contributed by atoms with Gasteiger partial charge < -0.3 is 10.7 Å². The second-order valence-electron chi connectivity index (χ2n) is 4.53. The third kappa shape index (κ3) is 2.70. The summed E-state index contributed by atoms with van der Waals surface area (Å²) >= 11 is 12.2. The molecule has 0 radical (unpaired) electrons. The summed E-state index contributed by atoms with van der Waals surface area (Å²) in [6, 6.07) is 5.21. The van der Waals surface area contributed by atoms with Crippen molar-refractivity contribution in [3.05, 3.63) is 46.3 Å². The molecule has 0 aliphatic heterocycles. The molecule has 0 fully saturated rings. The van der Waals surface area contributed by atoms with E-state index < -0.39 is 0 Å². The summed E-state index contributed by atoms with van der Waals surface area (Å²) < 4.78 is 0. The summed E-state index contributed by atoms with van der Waals surface area (Å²) in [5, 5.41) is 1.05. The number of rotatable bonds is 2. The third-order valence-electron chi connectivity index (χ3n) is 2.95. The Balaban J connectivity index is 2.23. The molecule has 106 valence electrons. The summed E-state index contributed by atoms with van der Waals surface area (Å²) in [4.78, 5) is 15.8. The van der Waals surface area contributed by atoms with Crippen LogP contribution in [-0.2, 0) is 0 Å². The molecule has 0 aliphatic carbocycles. The number of hydrogen-bond donors (Lipinski definition) is 2. The van der Waals surface area contributed by atoms with Gasteiger partial charge in [-0.25, -0.2) is 15.0 Å². The number of aromatic nitrogens is 4. The molecule has 0 amide bonds. The molecule has 0 unspecified atom stereocenters. The zero-order valence-electron chi connectivity index (χ0n) is 11.1. The molecule has 2 heterocycles. The van der Waals surface area contributed by atoms with Gasteiger partial charge in [-0.05, 0) is 25.1 Å². The van der Waals surface area contributed by atoms with Crippen LogP contribution in [-0.4, -0.2) is 19.9 Å². The first-order chi connectivity index (χ1) is 10.0. The number of nitrogen functional groups attached to an aromatic ring is 1. The van der Waals surface area contributed by atoms with Crippen LogP contribution in [0.3, 0.4) is 0 Å². The lowest BCUT2D eigenvalue weighted by molar-refractivity contribution is 1.16. The number of nitrogens with two attached hydrogens (primary N) is 1. The molecule has 7 heteroatoms. The zero-order chi connectivity index (χ0) is 15.0. The van der Waals surface area contributed by atoms with Gasteiger partial charge in [0.25, 0.3) is 0 Å². The normalized spacial score (nSPS) is 10.8. The van der Waals surface area contributed by atoms with Gasteiger partial charge >= 0.3 is 0 Å². The van der Waals surface area contributed by atoms with Crippen molar-refractivity contribution in [3.8, 4) is 22.6 Å². The van der Waals surface area contributed by atoms with Crippen molar-refractivity contribution in [2.24, 2.45) is 0 Å². The number of imidazole rings is 1. The van der Waals surface area contributed by atoms with Crippen molar-refractivity contribution in [2.45, 2.75) is 6.92 Å². The maximum atomic E-state index is 6.26. The lowest BCUT2D eigenvalue weighted by Gasteiger charge is -2.09. The Morgan fingerprint density at radius 2 is 1.90 bits per heavy atom. The molecule has 1 aromatic carbocycles. The Morgan fingerprint density at radius 3 is 2.57 bits per heavy atom. The Hall–Kier alpha value is -2.11. The van der Waals surface area contributed by atoms with Crippen LogP contribution in [0.25, 0.3) is 22.6 Å². The molecule has 0 atom stereocenters. The van der Waals surface area contributed by atoms with Crippen LogP contribution < -0.4 is 5.73 Å². The number of nitrogens with zero attached hydrogens (tertiary/aromatic N) is 3. The van der Waals surface area contributed by atoms with Gasteiger partial charge in [0.15, 0.2) is 0 Å². The number of benzene rings is 1. The topological polar surface area (TPSA) is 80.5 Å². The van der Waals surface area contributed by atoms with Gasteiger partial charge in [-0.1, -0.05) is 23.2 Å². The molecule has 21 heavy (non-hydrogen) atoms. The number of hydrogen-bond acceptors (Lipinski definition) is 4. The highest BCUT2D eigenvalue weighted by Gasteiger charge is 2.15. The first-order valence-electron chi connectivity index (χ1n) is 6.14. The van der Waals surface area contributed by atoms with Gasteiger partial charge in [0, 0.05) is 28.7 Å². The number of halogens is 2. The minimum atomic E-state index is 0.169. The second-order valence-corrected chi connectivity index (χ2v) is 5.37. The number of anilines is 1. The first-order valence-corrected chi connectivity index (χ1v) is 6.90. The lowest BCUT2D eigenvalue weighted by Crippen LogP contribution is -1.99. The highest BCUT2D eigenvalue weighted by molar-refractivity contribution is 6.36. The van der Waals surface area contributed by atoms with Gasteiger partial charge in [-0.15, -0.1) is 0 Å². The van der Waals surface area contributed by atoms with E-state index in [9.17, 15) is 0 Å². The highest BCUT2D eigenvalue weighted by atomic mass is 35.5. The second kappa shape index (κ2) is 5.35. The average Bonchev–Trinajstić information content (AvgIpc) is 2.85. The number of aryl methyl sites for hydroxylation is 1. The standard InChI is InChI=1S/C14H11Cl2N5/c1-7-5-18-13(20-7)10-6-19-14(17)21-12(10)9-3-2-8(15)4-11(9)16/h2-6H,1H3,(H,18,20)(H2,17,19,21). The van der Waals surface area contributed by atoms with Crippen LogP contribution in [0.2, 0.25) is 10.0 Å². The molecule has 0 saturated carbocycles. The molecule has 0 spiro atoms. The van der Waals surface area contributed by atoms with Crippen LogP contribution in [0.15, 0.2) is 30.6 Å². The molecule has 3 aromatic rings. The van der Waals surface area contributed by atoms with Gasteiger partial charge in [0.1, 0.15) is 5.82 Å². The Bertz CT molecular complexity index is 813. The fraction of sp³-hybridized carbons (Fsp3) is 0.0714. The van der Waals surface area contributed by atoms with Crippen LogP contribution >= 0.6 is 23.2 Å². The minimum absolute atomic E-state index is 0.169. The van der Waals surface area contributed by atoms with Gasteiger partial charge in [0.2, 0.25) is 5.95 Å². The predicted molar refractivity (Wildman–Crippen MR) is 84.2 cm³/mol. The van der Waals surface area contributed by atoms with Crippen molar-refractivity contribution in [2.75, 3.05) is 5.73 Å². The summed E-state index contributed by atoms with van der Waals surface area (Å²) in [5.74, 6) is 0.830. The fourth-order valence-corrected chi connectivity index (χ4v) is 2.50. The van der Waals surface area contributed by atoms with Gasteiger partial charge in [0.05, 0.1) is 16.3 Å². The maximum absolute atomic E-state index is 6.26. The lowest BCUT2D eigenvalue weighted by atomic mass is 10.1. The van der Waals surface area contributed by atoms with Gasteiger partial charge in [-0.3, -0.25) is 0 Å². The van der Waals surface area contributed by atoms with E-state index in [1.54, 1.807) is 30.6 Å². The van der Waals surface area contributed by atoms with Crippen molar-refractivity contribution in [1.29, 1.82) is 0 Å². The smallest absolute Gasteiger partial charge is 0.220 e. The van der Waals surface area contributed by atoms with Crippen LogP contribution in [0.5, 0.6) is 0 Å². The largest absolute Gasteiger partial charge is 0.368 e. The van der Waals surface area contributed by atoms with Crippen molar-refractivity contribution in [3.63, 3.8) is 0 Å². The van der Waals surface area contributed by atoms with Crippen molar-refractivity contribution in [1.82, 2.24) is 19.9 Å². The van der Waals surface area contributed by atoms with E-state index in [0.717, 1.165) is 16.8 Å². The molecule has 2 aromatic heterocycles. The molecular weight excluding hydrogens is 309 g/mol. The predicted octanol–water partition coefficient (Wildman–Crippen LogP) is 3.73. The minimum Gasteiger partial charge on any atom is -0.368 e. The fourth-order valence-electron chi connectivity index (χ4n) is 2.01. The quantitative estimate of drug-likeness (QED) is 0.754. The van der Waals surface area contributed by atoms with Crippen molar-refractivity contribution < 1.29 is 0 Å². The summed E-state index contributed by atoms with van der Waals surface area (Å²) in [5.41, 5.74) is 8.70. The van der Waals surface area contributed by atoms with Gasteiger partial charge in [-0.2, -0.15) is 0 Å². The van der Waals surface area contributed by atoms with Crippen LogP contribution in [0.1, 0.15) is 5.69 Å². The van der Waals surface area contributed by atoms with E-state index in [2.05, 4.69) is 19.9 Å². The summed E-state index contributed by atoms with van der Waals surface area (Å²) in [7, 11) is 0.